The molecule has 0 radical (unpaired) electrons. The molecule has 2 aliphatic heterocycles. The summed E-state index contributed by atoms with van der Waals surface area (Å²) in [7, 11) is 0. The average molecular weight is 418 g/mol. The van der Waals surface area contributed by atoms with E-state index in [1.807, 2.05) is 29.8 Å². The van der Waals surface area contributed by atoms with E-state index in [9.17, 15) is 5.11 Å². The third-order valence-corrected chi connectivity index (χ3v) is 7.28. The van der Waals surface area contributed by atoms with Crippen LogP contribution < -0.4 is 4.90 Å². The maximum atomic E-state index is 10.3. The summed E-state index contributed by atoms with van der Waals surface area (Å²) < 4.78 is 5.71. The van der Waals surface area contributed by atoms with Crippen LogP contribution in [0.5, 0.6) is 0 Å². The summed E-state index contributed by atoms with van der Waals surface area (Å²) in [6, 6.07) is 4.21. The van der Waals surface area contributed by atoms with E-state index in [1.54, 1.807) is 11.3 Å². The molecule has 1 atom stereocenters. The van der Waals surface area contributed by atoms with Crippen LogP contribution in [0.2, 0.25) is 0 Å². The Morgan fingerprint density at radius 2 is 2.11 bits per heavy atom. The summed E-state index contributed by atoms with van der Waals surface area (Å²) in [6.45, 7) is 5.24. The van der Waals surface area contributed by atoms with Crippen LogP contribution in [0.4, 0.5) is 5.69 Å². The largest absolute Gasteiger partial charge is 0.368 e. The van der Waals surface area contributed by atoms with Crippen molar-refractivity contribution in [1.82, 2.24) is 19.9 Å². The van der Waals surface area contributed by atoms with E-state index in [-0.39, 0.29) is 6.10 Å². The molecule has 148 valence electrons. The molecule has 0 spiro atoms. The number of fused-ring (bicyclic) bond motifs is 1. The molecule has 7 nitrogen and oxygen atoms in total. The molecule has 0 saturated carbocycles. The molecule has 2 aliphatic rings. The Balaban J connectivity index is 1.32. The molecule has 28 heavy (non-hydrogen) atoms. The number of aromatic amines is 1. The predicted octanol–water partition coefficient (Wildman–Crippen LogP) is 2.52. The summed E-state index contributed by atoms with van der Waals surface area (Å²) in [5, 5.41) is 14.6. The second kappa shape index (κ2) is 7.64. The molecule has 0 aliphatic carbocycles. The zero-order valence-electron chi connectivity index (χ0n) is 15.7. The van der Waals surface area contributed by atoms with Crippen LogP contribution in [-0.2, 0) is 4.74 Å². The highest BCUT2D eigenvalue weighted by Crippen LogP contribution is 2.31. The fourth-order valence-electron chi connectivity index (χ4n) is 3.65. The van der Waals surface area contributed by atoms with E-state index in [2.05, 4.69) is 37.4 Å². The lowest BCUT2D eigenvalue weighted by atomic mass is 10.2. The molecule has 3 aromatic heterocycles. The molecule has 3 aromatic rings. The Kier molecular flexibility index (Phi) is 5.02. The van der Waals surface area contributed by atoms with Gasteiger partial charge in [0.15, 0.2) is 0 Å². The first-order valence-corrected chi connectivity index (χ1v) is 11.5. The van der Waals surface area contributed by atoms with E-state index in [1.165, 1.54) is 5.69 Å². The summed E-state index contributed by atoms with van der Waals surface area (Å²) in [5.41, 5.74) is 4.02. The van der Waals surface area contributed by atoms with Gasteiger partial charge in [0.05, 0.1) is 22.5 Å². The highest BCUT2D eigenvalue weighted by atomic mass is 32.2. The maximum Gasteiger partial charge on any atom is 0.216 e. The van der Waals surface area contributed by atoms with Crippen molar-refractivity contribution in [3.05, 3.63) is 28.7 Å². The van der Waals surface area contributed by atoms with Crippen LogP contribution in [0.1, 0.15) is 5.01 Å². The standard InChI is InChI=1S/C19H23N5O2S2/c1-12-21-16(11-28-12)15-8-14-17(2-3-20-18(14)22-15)23-4-6-24(7-5-23)19(25)26-13-9-27-10-13/h2-3,8,11,13,19,25H,4-7,9-10H2,1H3,(H,20,22). The molecule has 2 N–H and O–H groups in total. The van der Waals surface area contributed by atoms with Gasteiger partial charge in [0.25, 0.3) is 0 Å². The number of ether oxygens (including phenoxy) is 1. The van der Waals surface area contributed by atoms with Crippen molar-refractivity contribution < 1.29 is 9.84 Å². The van der Waals surface area contributed by atoms with Gasteiger partial charge in [-0.25, -0.2) is 9.97 Å². The van der Waals surface area contributed by atoms with Crippen LogP contribution in [0.25, 0.3) is 22.4 Å². The molecule has 1 unspecified atom stereocenters. The van der Waals surface area contributed by atoms with Gasteiger partial charge < -0.3 is 19.7 Å². The van der Waals surface area contributed by atoms with Crippen molar-refractivity contribution in [3.63, 3.8) is 0 Å². The predicted molar refractivity (Wildman–Crippen MR) is 114 cm³/mol. The molecule has 2 fully saturated rings. The number of rotatable bonds is 5. The number of pyridine rings is 1. The monoisotopic (exact) mass is 417 g/mol. The van der Waals surface area contributed by atoms with E-state index < -0.39 is 6.41 Å². The quantitative estimate of drug-likeness (QED) is 0.618. The lowest BCUT2D eigenvalue weighted by Crippen LogP contribution is -2.52. The highest BCUT2D eigenvalue weighted by molar-refractivity contribution is 8.00. The van der Waals surface area contributed by atoms with Gasteiger partial charge in [0.1, 0.15) is 5.65 Å². The van der Waals surface area contributed by atoms with Gasteiger partial charge in [0.2, 0.25) is 6.41 Å². The molecule has 9 heteroatoms. The van der Waals surface area contributed by atoms with Crippen molar-refractivity contribution in [1.29, 1.82) is 0 Å². The third kappa shape index (κ3) is 3.53. The fourth-order valence-corrected chi connectivity index (χ4v) is 4.85. The van der Waals surface area contributed by atoms with Gasteiger partial charge >= 0.3 is 0 Å². The van der Waals surface area contributed by atoms with Crippen molar-refractivity contribution in [3.8, 4) is 11.4 Å². The van der Waals surface area contributed by atoms with Crippen LogP contribution in [0, 0.1) is 6.92 Å². The van der Waals surface area contributed by atoms with Gasteiger partial charge in [-0.1, -0.05) is 0 Å². The second-order valence-corrected chi connectivity index (χ2v) is 9.31. The minimum absolute atomic E-state index is 0.200. The lowest BCUT2D eigenvalue weighted by Gasteiger charge is -2.39. The first-order chi connectivity index (χ1) is 13.7. The Morgan fingerprint density at radius 3 is 2.79 bits per heavy atom. The number of aryl methyl sites for hydroxylation is 1. The molecular formula is C19H23N5O2S2. The lowest BCUT2D eigenvalue weighted by molar-refractivity contribution is -0.211. The van der Waals surface area contributed by atoms with Crippen LogP contribution in [0.3, 0.4) is 0 Å². The number of aliphatic hydroxyl groups excluding tert-OH is 1. The number of nitrogens with one attached hydrogen (secondary N) is 1. The van der Waals surface area contributed by atoms with Gasteiger partial charge in [-0.15, -0.1) is 11.3 Å². The number of thiazole rings is 1. The molecule has 0 bridgehead atoms. The number of anilines is 1. The minimum Gasteiger partial charge on any atom is -0.368 e. The van der Waals surface area contributed by atoms with Crippen LogP contribution in [-0.4, -0.2) is 75.2 Å². The van der Waals surface area contributed by atoms with Crippen LogP contribution in [0.15, 0.2) is 23.7 Å². The molecular weight excluding hydrogens is 394 g/mol. The maximum absolute atomic E-state index is 10.3. The fraction of sp³-hybridized carbons (Fsp3) is 0.474. The SMILES string of the molecule is Cc1nc(-c2cc3c(N4CCN(C(O)OC5CSC5)CC4)ccnc3[nH]2)cs1. The van der Waals surface area contributed by atoms with E-state index >= 15 is 0 Å². The number of thioether (sulfide) groups is 1. The zero-order chi connectivity index (χ0) is 19.1. The van der Waals surface area contributed by atoms with Gasteiger partial charge in [-0.2, -0.15) is 11.8 Å². The minimum atomic E-state index is -0.794. The van der Waals surface area contributed by atoms with Crippen molar-refractivity contribution >= 4 is 39.8 Å². The second-order valence-electron chi connectivity index (χ2n) is 7.17. The normalized spacial score (nSPS) is 19.9. The Labute approximate surface area is 171 Å². The van der Waals surface area contributed by atoms with Crippen molar-refractivity contribution in [2.75, 3.05) is 42.6 Å². The molecule has 5 heterocycles. The number of aromatic nitrogens is 3. The first-order valence-electron chi connectivity index (χ1n) is 9.48. The van der Waals surface area contributed by atoms with Crippen molar-refractivity contribution in [2.45, 2.75) is 19.4 Å². The first kappa shape index (κ1) is 18.4. The Morgan fingerprint density at radius 1 is 1.29 bits per heavy atom. The highest BCUT2D eigenvalue weighted by Gasteiger charge is 2.28. The molecule has 2 saturated heterocycles. The smallest absolute Gasteiger partial charge is 0.216 e. The topological polar surface area (TPSA) is 77.5 Å². The van der Waals surface area contributed by atoms with Gasteiger partial charge in [-0.05, 0) is 19.1 Å². The van der Waals surface area contributed by atoms with E-state index in [0.29, 0.717) is 0 Å². The summed E-state index contributed by atoms with van der Waals surface area (Å²) >= 11 is 3.51. The number of H-pyrrole nitrogens is 1. The number of aliphatic hydroxyl groups is 1. The molecule has 0 amide bonds. The number of piperazine rings is 1. The Bertz CT molecular complexity index is 962. The number of nitrogens with zero attached hydrogens (tertiary/aromatic N) is 4. The number of hydrogen-bond donors (Lipinski definition) is 2. The van der Waals surface area contributed by atoms with Crippen LogP contribution >= 0.6 is 23.1 Å². The zero-order valence-corrected chi connectivity index (χ0v) is 17.3. The van der Waals surface area contributed by atoms with E-state index in [0.717, 1.165) is 65.1 Å². The van der Waals surface area contributed by atoms with Gasteiger partial charge in [-0.3, -0.25) is 4.90 Å². The summed E-state index contributed by atoms with van der Waals surface area (Å²) in [6.07, 6.45) is 1.26. The molecule has 5 rings (SSSR count). The average Bonchev–Trinajstić information content (AvgIpc) is 3.30. The molecule has 0 aromatic carbocycles. The number of hydrogen-bond acceptors (Lipinski definition) is 8. The van der Waals surface area contributed by atoms with E-state index in [4.69, 9.17) is 4.74 Å². The Hall–Kier alpha value is -1.65. The summed E-state index contributed by atoms with van der Waals surface area (Å²) in [5.74, 6) is 1.97. The summed E-state index contributed by atoms with van der Waals surface area (Å²) in [4.78, 5) is 16.9. The van der Waals surface area contributed by atoms with Crippen molar-refractivity contribution in [2.24, 2.45) is 0 Å². The van der Waals surface area contributed by atoms with Gasteiger partial charge in [0, 0.05) is 60.3 Å². The third-order valence-electron chi connectivity index (χ3n) is 5.29.